The Morgan fingerprint density at radius 1 is 0.750 bits per heavy atom. The Labute approximate surface area is 228 Å². The number of nitrogens with zero attached hydrogens (tertiary/aromatic N) is 2. The van der Waals surface area contributed by atoms with Gasteiger partial charge in [0.2, 0.25) is 17.7 Å². The molecular weight excluding hydrogens is 524 g/mol. The summed E-state index contributed by atoms with van der Waals surface area (Å²) >= 11 is 0. The number of carbonyl (C=O) groups is 5. The van der Waals surface area contributed by atoms with Gasteiger partial charge in [0.25, 0.3) is 0 Å². The van der Waals surface area contributed by atoms with Crippen LogP contribution in [0, 0.1) is 0 Å². The molecule has 9 N–H and O–H groups in total. The highest BCUT2D eigenvalue weighted by atomic mass is 16.4. The summed E-state index contributed by atoms with van der Waals surface area (Å²) in [5.41, 5.74) is 7.28. The molecule has 2 heterocycles. The molecule has 0 radical (unpaired) electrons. The van der Waals surface area contributed by atoms with Crippen molar-refractivity contribution in [1.82, 2.24) is 35.9 Å². The Kier molecular flexibility index (Phi) is 10.5. The number of rotatable bonds is 15. The zero-order valence-corrected chi connectivity index (χ0v) is 21.2. The van der Waals surface area contributed by atoms with Gasteiger partial charge in [-0.1, -0.05) is 30.3 Å². The number of carboxylic acid groups (broad SMARTS) is 2. The number of H-pyrrole nitrogens is 2. The zero-order chi connectivity index (χ0) is 29.1. The minimum atomic E-state index is -1.42. The summed E-state index contributed by atoms with van der Waals surface area (Å²) in [6.07, 6.45) is 4.82. The van der Waals surface area contributed by atoms with Crippen molar-refractivity contribution in [3.63, 3.8) is 0 Å². The number of nitrogens with two attached hydrogens (primary N) is 1. The summed E-state index contributed by atoms with van der Waals surface area (Å²) < 4.78 is 0. The maximum absolute atomic E-state index is 13.4. The molecule has 4 atom stereocenters. The summed E-state index contributed by atoms with van der Waals surface area (Å²) in [6, 6.07) is 3.47. The molecule has 15 nitrogen and oxygen atoms in total. The molecule has 3 aromatic rings. The average Bonchev–Trinajstić information content (AvgIpc) is 3.62. The summed E-state index contributed by atoms with van der Waals surface area (Å²) in [5, 5.41) is 26.1. The predicted molar refractivity (Wildman–Crippen MR) is 138 cm³/mol. The first-order valence-electron chi connectivity index (χ1n) is 12.2. The number of benzene rings is 1. The first kappa shape index (κ1) is 29.5. The molecule has 0 bridgehead atoms. The van der Waals surface area contributed by atoms with Crippen LogP contribution >= 0.6 is 0 Å². The highest BCUT2D eigenvalue weighted by Crippen LogP contribution is 2.07. The van der Waals surface area contributed by atoms with E-state index < -0.39 is 60.2 Å². The number of aliphatic carboxylic acids is 2. The molecule has 2 aromatic heterocycles. The second-order valence-corrected chi connectivity index (χ2v) is 8.98. The van der Waals surface area contributed by atoms with E-state index in [4.69, 9.17) is 10.8 Å². The van der Waals surface area contributed by atoms with Crippen LogP contribution in [0.2, 0.25) is 0 Å². The van der Waals surface area contributed by atoms with Gasteiger partial charge in [0.15, 0.2) is 0 Å². The summed E-state index contributed by atoms with van der Waals surface area (Å²) in [7, 11) is 0. The minimum absolute atomic E-state index is 0.00656. The minimum Gasteiger partial charge on any atom is -0.481 e. The number of nitrogens with one attached hydrogen (secondary N) is 5. The molecule has 0 aliphatic heterocycles. The highest BCUT2D eigenvalue weighted by Gasteiger charge is 2.31. The summed E-state index contributed by atoms with van der Waals surface area (Å²) in [6.45, 7) is 0. The van der Waals surface area contributed by atoms with Gasteiger partial charge in [-0.3, -0.25) is 19.2 Å². The van der Waals surface area contributed by atoms with Crippen LogP contribution in [-0.2, 0) is 43.2 Å². The predicted octanol–water partition coefficient (Wildman–Crippen LogP) is -1.50. The molecule has 0 spiro atoms. The van der Waals surface area contributed by atoms with Gasteiger partial charge in [0, 0.05) is 43.0 Å². The van der Waals surface area contributed by atoms with Gasteiger partial charge in [-0.05, 0) is 5.56 Å². The number of aromatic nitrogens is 4. The Hall–Kier alpha value is -5.05. The van der Waals surface area contributed by atoms with Gasteiger partial charge >= 0.3 is 11.9 Å². The van der Waals surface area contributed by atoms with E-state index in [2.05, 4.69) is 35.9 Å². The molecule has 15 heteroatoms. The lowest BCUT2D eigenvalue weighted by molar-refractivity contribution is -0.142. The molecular formula is C25H30N8O7. The third kappa shape index (κ3) is 9.05. The quantitative estimate of drug-likeness (QED) is 0.108. The fourth-order valence-corrected chi connectivity index (χ4v) is 3.81. The average molecular weight is 555 g/mol. The van der Waals surface area contributed by atoms with Crippen LogP contribution in [0.25, 0.3) is 0 Å². The van der Waals surface area contributed by atoms with Gasteiger partial charge in [-0.15, -0.1) is 0 Å². The first-order chi connectivity index (χ1) is 19.1. The van der Waals surface area contributed by atoms with E-state index >= 15 is 0 Å². The molecule has 212 valence electrons. The molecule has 0 saturated heterocycles. The van der Waals surface area contributed by atoms with Gasteiger partial charge in [-0.2, -0.15) is 0 Å². The van der Waals surface area contributed by atoms with E-state index in [0.717, 1.165) is 0 Å². The van der Waals surface area contributed by atoms with E-state index in [1.54, 1.807) is 30.3 Å². The van der Waals surface area contributed by atoms with Crippen molar-refractivity contribution >= 4 is 29.7 Å². The number of hydrogen-bond donors (Lipinski definition) is 8. The lowest BCUT2D eigenvalue weighted by Crippen LogP contribution is -2.58. The Bertz CT molecular complexity index is 1280. The monoisotopic (exact) mass is 554 g/mol. The topological polar surface area (TPSA) is 245 Å². The van der Waals surface area contributed by atoms with Gasteiger partial charge in [0.1, 0.15) is 18.1 Å². The lowest BCUT2D eigenvalue weighted by Gasteiger charge is -2.25. The van der Waals surface area contributed by atoms with Crippen molar-refractivity contribution in [2.75, 3.05) is 0 Å². The van der Waals surface area contributed by atoms with Crippen LogP contribution in [-0.4, -0.2) is 84.0 Å². The Morgan fingerprint density at radius 2 is 1.25 bits per heavy atom. The Morgan fingerprint density at radius 3 is 1.70 bits per heavy atom. The van der Waals surface area contributed by atoms with Crippen molar-refractivity contribution in [2.24, 2.45) is 5.73 Å². The lowest BCUT2D eigenvalue weighted by atomic mass is 10.0. The number of carbonyl (C=O) groups excluding carboxylic acids is 3. The fraction of sp³-hybridized carbons (Fsp3) is 0.320. The molecule has 0 aliphatic rings. The summed E-state index contributed by atoms with van der Waals surface area (Å²) in [4.78, 5) is 75.5. The standard InChI is InChI=1S/C25H30N8O7/c26-17(9-21(34)35)22(36)31-18(7-15-10-27-12-29-15)23(37)32-19(8-16-11-28-13-30-16)24(38)33-20(25(39)40)6-14-4-2-1-3-5-14/h1-5,10-13,17-20H,6-9,26H2,(H,27,29)(H,28,30)(H,31,36)(H,32,37)(H,33,38)(H,34,35)(H,39,40). The van der Waals surface area contributed by atoms with Gasteiger partial charge < -0.3 is 41.9 Å². The van der Waals surface area contributed by atoms with Crippen LogP contribution in [0.1, 0.15) is 23.4 Å². The van der Waals surface area contributed by atoms with Crippen LogP contribution in [0.4, 0.5) is 0 Å². The molecule has 3 rings (SSSR count). The largest absolute Gasteiger partial charge is 0.481 e. The number of hydrogen-bond acceptors (Lipinski definition) is 8. The molecule has 40 heavy (non-hydrogen) atoms. The van der Waals surface area contributed by atoms with Crippen molar-refractivity contribution in [1.29, 1.82) is 0 Å². The third-order valence-electron chi connectivity index (χ3n) is 5.85. The second kappa shape index (κ2) is 14.2. The zero-order valence-electron chi connectivity index (χ0n) is 21.2. The third-order valence-corrected chi connectivity index (χ3v) is 5.85. The van der Waals surface area contributed by atoms with E-state index in [9.17, 15) is 29.1 Å². The number of imidazole rings is 2. The molecule has 4 unspecified atom stereocenters. The Balaban J connectivity index is 1.79. The van der Waals surface area contributed by atoms with Gasteiger partial charge in [-0.25, -0.2) is 14.8 Å². The SMILES string of the molecule is NC(CC(=O)O)C(=O)NC(Cc1cnc[nH]1)C(=O)NC(Cc1cnc[nH]1)C(=O)NC(Cc1ccccc1)C(=O)O. The molecule has 1 aromatic carbocycles. The number of amides is 3. The normalized spacial score (nSPS) is 13.8. The first-order valence-corrected chi connectivity index (χ1v) is 12.2. The van der Waals surface area contributed by atoms with E-state index in [-0.39, 0.29) is 19.3 Å². The fourth-order valence-electron chi connectivity index (χ4n) is 3.81. The number of aromatic amines is 2. The van der Waals surface area contributed by atoms with E-state index in [0.29, 0.717) is 17.0 Å². The summed E-state index contributed by atoms with van der Waals surface area (Å²) in [5.74, 6) is -5.01. The van der Waals surface area contributed by atoms with E-state index in [1.165, 1.54) is 25.0 Å². The van der Waals surface area contributed by atoms with Crippen LogP contribution < -0.4 is 21.7 Å². The van der Waals surface area contributed by atoms with Crippen molar-refractivity contribution < 1.29 is 34.2 Å². The maximum Gasteiger partial charge on any atom is 0.326 e. The van der Waals surface area contributed by atoms with Crippen molar-refractivity contribution in [3.05, 3.63) is 72.3 Å². The van der Waals surface area contributed by atoms with Crippen LogP contribution in [0.15, 0.2) is 55.4 Å². The van der Waals surface area contributed by atoms with Crippen LogP contribution in [0.3, 0.4) is 0 Å². The second-order valence-electron chi connectivity index (χ2n) is 8.98. The van der Waals surface area contributed by atoms with Crippen LogP contribution in [0.5, 0.6) is 0 Å². The molecule has 0 fully saturated rings. The van der Waals surface area contributed by atoms with Crippen molar-refractivity contribution in [3.8, 4) is 0 Å². The molecule has 0 saturated carbocycles. The van der Waals surface area contributed by atoms with Crippen molar-refractivity contribution in [2.45, 2.75) is 49.9 Å². The molecule has 3 amide bonds. The molecule has 0 aliphatic carbocycles. The van der Waals surface area contributed by atoms with Gasteiger partial charge in [0.05, 0.1) is 25.1 Å². The van der Waals surface area contributed by atoms with E-state index in [1.807, 2.05) is 0 Å². The smallest absolute Gasteiger partial charge is 0.326 e. The highest BCUT2D eigenvalue weighted by molar-refractivity contribution is 5.95. The maximum atomic E-state index is 13.4. The number of carboxylic acids is 2.